The van der Waals surface area contributed by atoms with Crippen molar-refractivity contribution in [2.75, 3.05) is 45.5 Å². The minimum atomic E-state index is -3.13. The van der Waals surface area contributed by atoms with Crippen molar-refractivity contribution >= 4 is 40.0 Å². The van der Waals surface area contributed by atoms with Crippen molar-refractivity contribution in [3.05, 3.63) is 18.7 Å². The highest BCUT2D eigenvalue weighted by Crippen LogP contribution is 2.27. The molecule has 1 N–H and O–H groups in total. The van der Waals surface area contributed by atoms with E-state index in [-0.39, 0.29) is 24.0 Å². The number of nitrogens with zero attached hydrogens (tertiary/aromatic N) is 5. The van der Waals surface area contributed by atoms with Crippen molar-refractivity contribution in [3.63, 3.8) is 0 Å². The van der Waals surface area contributed by atoms with Crippen molar-refractivity contribution in [2.24, 2.45) is 10.9 Å². The molecule has 1 saturated heterocycles. The van der Waals surface area contributed by atoms with Gasteiger partial charge in [0.05, 0.1) is 18.6 Å². The van der Waals surface area contributed by atoms with Gasteiger partial charge in [-0.2, -0.15) is 0 Å². The summed E-state index contributed by atoms with van der Waals surface area (Å²) < 4.78 is 27.0. The number of piperidine rings is 1. The predicted octanol–water partition coefficient (Wildman–Crippen LogP) is 2.02. The number of halogens is 1. The van der Waals surface area contributed by atoms with Crippen LogP contribution in [0.3, 0.4) is 0 Å². The molecule has 1 fully saturated rings. The molecule has 2 heterocycles. The van der Waals surface area contributed by atoms with Crippen LogP contribution in [0.1, 0.15) is 39.7 Å². The fourth-order valence-corrected chi connectivity index (χ4v) is 4.44. The lowest BCUT2D eigenvalue weighted by atomic mass is 9.93. The second-order valence-corrected chi connectivity index (χ2v) is 9.12. The Hall–Kier alpha value is -0.880. The van der Waals surface area contributed by atoms with Crippen molar-refractivity contribution in [3.8, 4) is 0 Å². The van der Waals surface area contributed by atoms with Gasteiger partial charge in [-0.05, 0) is 25.7 Å². The molecule has 1 aliphatic rings. The van der Waals surface area contributed by atoms with E-state index in [0.717, 1.165) is 32.0 Å². The minimum absolute atomic E-state index is 0. The molecule has 2 unspecified atom stereocenters. The lowest BCUT2D eigenvalue weighted by Gasteiger charge is -2.39. The van der Waals surface area contributed by atoms with Crippen LogP contribution >= 0.6 is 24.0 Å². The van der Waals surface area contributed by atoms with E-state index in [4.69, 9.17) is 4.99 Å². The number of hydrogen-bond acceptors (Lipinski definition) is 4. The van der Waals surface area contributed by atoms with Crippen LogP contribution in [0.2, 0.25) is 0 Å². The van der Waals surface area contributed by atoms with Crippen LogP contribution in [0.5, 0.6) is 0 Å². The smallest absolute Gasteiger partial charge is 0.211 e. The summed E-state index contributed by atoms with van der Waals surface area (Å²) in [5, 5.41) is 3.38. The third-order valence-electron chi connectivity index (χ3n) is 5.11. The molecule has 1 aliphatic heterocycles. The topological polar surface area (TPSA) is 82.8 Å². The molecule has 1 aromatic heterocycles. The summed E-state index contributed by atoms with van der Waals surface area (Å²) in [6.45, 7) is 10.5. The van der Waals surface area contributed by atoms with Gasteiger partial charge in [-0.3, -0.25) is 4.99 Å². The van der Waals surface area contributed by atoms with Crippen LogP contribution in [-0.2, 0) is 10.0 Å². The third kappa shape index (κ3) is 7.18. The van der Waals surface area contributed by atoms with Crippen LogP contribution in [-0.4, -0.2) is 78.7 Å². The monoisotopic (exact) mass is 526 g/mol. The Labute approximate surface area is 186 Å². The van der Waals surface area contributed by atoms with Crippen molar-refractivity contribution in [1.82, 2.24) is 24.1 Å². The average molecular weight is 526 g/mol. The molecule has 0 spiro atoms. The van der Waals surface area contributed by atoms with E-state index in [2.05, 4.69) is 33.6 Å². The Morgan fingerprint density at radius 2 is 2.14 bits per heavy atom. The number of aliphatic imine (C=N–C) groups is 1. The number of imidazole rings is 1. The number of nitrogens with one attached hydrogen (secondary N) is 1. The maximum atomic E-state index is 11.7. The van der Waals surface area contributed by atoms with Gasteiger partial charge in [-0.25, -0.2) is 17.7 Å². The number of aromatic nitrogens is 2. The van der Waals surface area contributed by atoms with E-state index in [9.17, 15) is 8.42 Å². The fourth-order valence-electron chi connectivity index (χ4n) is 3.51. The molecule has 0 amide bonds. The van der Waals surface area contributed by atoms with E-state index in [0.29, 0.717) is 38.0 Å². The first-order valence-corrected chi connectivity index (χ1v) is 11.7. The van der Waals surface area contributed by atoms with Crippen molar-refractivity contribution in [2.45, 2.75) is 39.7 Å². The van der Waals surface area contributed by atoms with E-state index in [1.165, 1.54) is 10.6 Å². The lowest BCUT2D eigenvalue weighted by molar-refractivity contribution is 0.189. The maximum absolute atomic E-state index is 11.7. The van der Waals surface area contributed by atoms with Gasteiger partial charge in [-0.1, -0.05) is 13.8 Å². The van der Waals surface area contributed by atoms with E-state index < -0.39 is 10.0 Å². The van der Waals surface area contributed by atoms with E-state index in [1.54, 1.807) is 0 Å². The first kappa shape index (κ1) is 25.2. The SMILES string of the molecule is CCNC(=NCCCN(CC)S(C)(=O)=O)N1CCC(C)C(n2ccnc2)C1.I. The van der Waals surface area contributed by atoms with Gasteiger partial charge >= 0.3 is 0 Å². The second kappa shape index (κ2) is 12.0. The van der Waals surface area contributed by atoms with Gasteiger partial charge in [0.25, 0.3) is 0 Å². The summed E-state index contributed by atoms with van der Waals surface area (Å²) in [7, 11) is -3.13. The quantitative estimate of drug-likeness (QED) is 0.243. The van der Waals surface area contributed by atoms with E-state index in [1.807, 2.05) is 25.6 Å². The molecule has 2 rings (SSSR count). The minimum Gasteiger partial charge on any atom is -0.357 e. The molecule has 10 heteroatoms. The predicted molar refractivity (Wildman–Crippen MR) is 125 cm³/mol. The highest BCUT2D eigenvalue weighted by molar-refractivity contribution is 14.0. The number of likely N-dealkylation sites (tertiary alicyclic amines) is 1. The zero-order valence-electron chi connectivity index (χ0n) is 17.4. The largest absolute Gasteiger partial charge is 0.357 e. The molecule has 2 atom stereocenters. The maximum Gasteiger partial charge on any atom is 0.211 e. The third-order valence-corrected chi connectivity index (χ3v) is 6.49. The molecule has 0 bridgehead atoms. The Morgan fingerprint density at radius 1 is 1.39 bits per heavy atom. The first-order valence-electron chi connectivity index (χ1n) is 9.82. The molecule has 1 aromatic rings. The Bertz CT molecular complexity index is 695. The molecular formula is C18H35IN6O2S. The Morgan fingerprint density at radius 3 is 2.71 bits per heavy atom. The van der Waals surface area contributed by atoms with Crippen molar-refractivity contribution in [1.29, 1.82) is 0 Å². The van der Waals surface area contributed by atoms with Gasteiger partial charge in [0.2, 0.25) is 10.0 Å². The second-order valence-electron chi connectivity index (χ2n) is 7.13. The summed E-state index contributed by atoms with van der Waals surface area (Å²) >= 11 is 0. The number of rotatable bonds is 8. The van der Waals surface area contributed by atoms with Gasteiger partial charge in [0, 0.05) is 51.7 Å². The summed E-state index contributed by atoms with van der Waals surface area (Å²) in [5.74, 6) is 1.50. The van der Waals surface area contributed by atoms with E-state index >= 15 is 0 Å². The van der Waals surface area contributed by atoms with Gasteiger partial charge < -0.3 is 14.8 Å². The number of hydrogen-bond donors (Lipinski definition) is 1. The fraction of sp³-hybridized carbons (Fsp3) is 0.778. The van der Waals surface area contributed by atoms with Crippen LogP contribution in [0.25, 0.3) is 0 Å². The summed E-state index contributed by atoms with van der Waals surface area (Å²) in [5.41, 5.74) is 0. The van der Waals surface area contributed by atoms with Crippen LogP contribution in [0.15, 0.2) is 23.7 Å². The van der Waals surface area contributed by atoms with Gasteiger partial charge in [0.15, 0.2) is 5.96 Å². The Kier molecular flexibility index (Phi) is 10.7. The van der Waals surface area contributed by atoms with Crippen molar-refractivity contribution < 1.29 is 8.42 Å². The summed E-state index contributed by atoms with van der Waals surface area (Å²) in [6.07, 6.45) is 8.82. The molecule has 162 valence electrons. The molecular weight excluding hydrogens is 491 g/mol. The summed E-state index contributed by atoms with van der Waals surface area (Å²) in [6, 6.07) is 0.380. The van der Waals surface area contributed by atoms with Crippen LogP contribution < -0.4 is 5.32 Å². The van der Waals surface area contributed by atoms with Crippen LogP contribution in [0, 0.1) is 5.92 Å². The molecule has 0 saturated carbocycles. The molecule has 0 radical (unpaired) electrons. The van der Waals surface area contributed by atoms with Crippen LogP contribution in [0.4, 0.5) is 0 Å². The zero-order valence-corrected chi connectivity index (χ0v) is 20.6. The van der Waals surface area contributed by atoms with Gasteiger partial charge in [-0.15, -0.1) is 24.0 Å². The highest BCUT2D eigenvalue weighted by Gasteiger charge is 2.28. The zero-order chi connectivity index (χ0) is 19.9. The molecule has 28 heavy (non-hydrogen) atoms. The lowest BCUT2D eigenvalue weighted by Crippen LogP contribution is -2.49. The van der Waals surface area contributed by atoms with Gasteiger partial charge in [0.1, 0.15) is 0 Å². The number of sulfonamides is 1. The molecule has 0 aromatic carbocycles. The summed E-state index contributed by atoms with van der Waals surface area (Å²) in [4.78, 5) is 11.2. The normalized spacial score (nSPS) is 20.9. The molecule has 0 aliphatic carbocycles. The Balaban J connectivity index is 0.00000392. The first-order chi connectivity index (χ1) is 12.9. The molecule has 8 nitrogen and oxygen atoms in total. The highest BCUT2D eigenvalue weighted by atomic mass is 127. The average Bonchev–Trinajstić information content (AvgIpc) is 3.14. The number of guanidine groups is 1. The standard InChI is InChI=1S/C18H34N6O2S.HI/c1-5-20-18(21-9-7-11-24(6-2)27(4,25)26)22-12-8-16(3)17(14-22)23-13-10-19-15-23;/h10,13,15-17H,5-9,11-12,14H2,1-4H3,(H,20,21);1H.